The summed E-state index contributed by atoms with van der Waals surface area (Å²) in [5.41, 5.74) is 1.21. The van der Waals surface area contributed by atoms with Crippen LogP contribution >= 0.6 is 0 Å². The zero-order chi connectivity index (χ0) is 21.4. The third kappa shape index (κ3) is 4.43. The largest absolute Gasteiger partial charge is 1.00 e. The summed E-state index contributed by atoms with van der Waals surface area (Å²) in [6.07, 6.45) is 2.58. The Morgan fingerprint density at radius 2 is 2.03 bits per heavy atom. The van der Waals surface area contributed by atoms with Crippen LogP contribution in [-0.4, -0.2) is 44.4 Å². The first kappa shape index (κ1) is 23.2. The number of methoxy groups -OCH3 is 1. The molecule has 10 nitrogen and oxygen atoms in total. The predicted molar refractivity (Wildman–Crippen MR) is 106 cm³/mol. The van der Waals surface area contributed by atoms with Gasteiger partial charge in [0, 0.05) is 23.7 Å². The van der Waals surface area contributed by atoms with Gasteiger partial charge in [-0.25, -0.2) is 4.79 Å². The van der Waals surface area contributed by atoms with Crippen LogP contribution in [0.25, 0.3) is 11.3 Å². The van der Waals surface area contributed by atoms with E-state index in [2.05, 4.69) is 10.2 Å². The van der Waals surface area contributed by atoms with Gasteiger partial charge < -0.3 is 38.6 Å². The predicted octanol–water partition coefficient (Wildman–Crippen LogP) is -2.93. The first-order valence-corrected chi connectivity index (χ1v) is 9.59. The molecule has 0 spiro atoms. The molecule has 4 rings (SSSR count). The molecule has 1 aliphatic heterocycles. The number of nitrogens with one attached hydrogen (secondary N) is 1. The van der Waals surface area contributed by atoms with Crippen molar-refractivity contribution >= 4 is 0 Å². The summed E-state index contributed by atoms with van der Waals surface area (Å²) >= 11 is 0. The molecule has 0 bridgehead atoms. The van der Waals surface area contributed by atoms with Crippen molar-refractivity contribution in [1.29, 1.82) is 0 Å². The number of H-pyrrole nitrogens is 1. The van der Waals surface area contributed by atoms with Crippen LogP contribution in [0, 0.1) is 6.92 Å². The van der Waals surface area contributed by atoms with Crippen molar-refractivity contribution in [2.45, 2.75) is 31.7 Å². The number of hydrogen-bond donors (Lipinski definition) is 2. The fourth-order valence-corrected chi connectivity index (χ4v) is 3.78. The highest BCUT2D eigenvalue weighted by atomic mass is 127. The average molecular weight is 541 g/mol. The fraction of sp³-hybridized carbons (Fsp3) is 0.400. The van der Waals surface area contributed by atoms with E-state index >= 15 is 0 Å². The molecule has 0 unspecified atom stereocenters. The number of ether oxygens (including phenoxy) is 2. The highest BCUT2D eigenvalue weighted by Crippen LogP contribution is 2.37. The summed E-state index contributed by atoms with van der Waals surface area (Å²) in [7, 11) is 3.43. The molecule has 2 N–H and O–H groups in total. The zero-order valence-electron chi connectivity index (χ0n) is 17.4. The SMILES string of the molecule is COc1ccc(-c2c[n+](C)nn2[C@H]2C[C@H](n3cc(C)c(=O)[nH]c3=O)O[C@@H]2CO)cc1.[I-]. The lowest BCUT2D eigenvalue weighted by molar-refractivity contribution is -0.732. The standard InChI is InChI=1S/C20H23N5O5.HI/c1-12-9-24(20(28)21-19(12)27)18-8-15(17(11-26)30-18)25-16(10-23(2)22-25)13-4-6-14(29-3)7-5-13;/h4-7,9-10,15,17-18,26H,8,11H2,1-3H3;1H/t15-,17+,18+;/m0./s1. The second-order valence-electron chi connectivity index (χ2n) is 7.34. The number of halogens is 1. The van der Waals surface area contributed by atoms with E-state index in [1.807, 2.05) is 42.2 Å². The fourth-order valence-electron chi connectivity index (χ4n) is 3.78. The third-order valence-corrected chi connectivity index (χ3v) is 5.33. The second kappa shape index (κ2) is 9.32. The lowest BCUT2D eigenvalue weighted by Crippen LogP contribution is -3.00. The van der Waals surface area contributed by atoms with Gasteiger partial charge >= 0.3 is 5.69 Å². The molecular formula is C20H24IN5O5. The Kier molecular flexibility index (Phi) is 6.96. The molecule has 11 heteroatoms. The molecule has 1 fully saturated rings. The lowest BCUT2D eigenvalue weighted by Gasteiger charge is -2.14. The van der Waals surface area contributed by atoms with Crippen molar-refractivity contribution in [3.63, 3.8) is 0 Å². The molecule has 1 aliphatic rings. The summed E-state index contributed by atoms with van der Waals surface area (Å²) in [5.74, 6) is 0.750. The van der Waals surface area contributed by atoms with Gasteiger partial charge in [0.2, 0.25) is 0 Å². The molecule has 3 heterocycles. The maximum atomic E-state index is 12.3. The monoisotopic (exact) mass is 541 g/mol. The molecule has 0 amide bonds. The maximum Gasteiger partial charge on any atom is 0.330 e. The van der Waals surface area contributed by atoms with E-state index in [1.54, 1.807) is 18.7 Å². The molecule has 3 aromatic rings. The van der Waals surface area contributed by atoms with Crippen molar-refractivity contribution in [3.8, 4) is 17.0 Å². The average Bonchev–Trinajstić information content (AvgIpc) is 3.34. The molecule has 0 saturated carbocycles. The Hall–Kier alpha value is -2.51. The lowest BCUT2D eigenvalue weighted by atomic mass is 10.1. The number of aliphatic hydroxyl groups is 1. The second-order valence-corrected chi connectivity index (χ2v) is 7.34. The van der Waals surface area contributed by atoms with E-state index in [0.29, 0.717) is 12.0 Å². The molecule has 0 radical (unpaired) electrons. The van der Waals surface area contributed by atoms with Crippen LogP contribution in [0.2, 0.25) is 0 Å². The molecule has 1 aromatic carbocycles. The summed E-state index contributed by atoms with van der Waals surface area (Å²) in [5, 5.41) is 14.5. The number of hydrogen-bond acceptors (Lipinski definition) is 6. The Morgan fingerprint density at radius 3 is 2.68 bits per heavy atom. The highest BCUT2D eigenvalue weighted by molar-refractivity contribution is 5.59. The molecule has 2 aromatic heterocycles. The van der Waals surface area contributed by atoms with E-state index in [9.17, 15) is 14.7 Å². The number of rotatable bonds is 5. The molecule has 166 valence electrons. The zero-order valence-corrected chi connectivity index (χ0v) is 19.5. The van der Waals surface area contributed by atoms with Gasteiger partial charge in [-0.2, -0.15) is 0 Å². The van der Waals surface area contributed by atoms with E-state index in [-0.39, 0.29) is 36.6 Å². The van der Waals surface area contributed by atoms with E-state index in [0.717, 1.165) is 17.0 Å². The summed E-state index contributed by atoms with van der Waals surface area (Å²) in [6.45, 7) is 1.39. The van der Waals surface area contributed by atoms with Crippen molar-refractivity contribution in [2.75, 3.05) is 13.7 Å². The molecule has 0 aliphatic carbocycles. The maximum absolute atomic E-state index is 12.3. The van der Waals surface area contributed by atoms with Crippen molar-refractivity contribution < 1.29 is 43.2 Å². The van der Waals surface area contributed by atoms with Crippen LogP contribution in [-0.2, 0) is 11.8 Å². The van der Waals surface area contributed by atoms with Crippen molar-refractivity contribution in [3.05, 3.63) is 63.1 Å². The summed E-state index contributed by atoms with van der Waals surface area (Å²) in [4.78, 5) is 26.3. The highest BCUT2D eigenvalue weighted by Gasteiger charge is 2.43. The van der Waals surface area contributed by atoms with Gasteiger partial charge in [-0.05, 0) is 31.2 Å². The summed E-state index contributed by atoms with van der Waals surface area (Å²) < 4.78 is 16.1. The Morgan fingerprint density at radius 1 is 1.32 bits per heavy atom. The van der Waals surface area contributed by atoms with Crippen LogP contribution in [0.15, 0.2) is 46.2 Å². The van der Waals surface area contributed by atoms with Crippen LogP contribution < -0.4 is 44.6 Å². The van der Waals surface area contributed by atoms with Crippen LogP contribution in [0.5, 0.6) is 5.75 Å². The molecular weight excluding hydrogens is 517 g/mol. The Labute approximate surface area is 195 Å². The van der Waals surface area contributed by atoms with Gasteiger partial charge in [0.05, 0.1) is 18.9 Å². The first-order chi connectivity index (χ1) is 14.4. The van der Waals surface area contributed by atoms with Crippen molar-refractivity contribution in [2.24, 2.45) is 7.05 Å². The molecule has 31 heavy (non-hydrogen) atoms. The normalized spacial score (nSPS) is 20.5. The number of aliphatic hydroxyl groups excluding tert-OH is 1. The minimum atomic E-state index is -0.631. The number of aryl methyl sites for hydroxylation is 2. The Balaban J connectivity index is 0.00000272. The van der Waals surface area contributed by atoms with Crippen LogP contribution in [0.4, 0.5) is 0 Å². The van der Waals surface area contributed by atoms with Gasteiger partial charge in [0.15, 0.2) is 17.9 Å². The number of benzene rings is 1. The summed E-state index contributed by atoms with van der Waals surface area (Å²) in [6, 6.07) is 7.30. The van der Waals surface area contributed by atoms with Crippen LogP contribution in [0.1, 0.15) is 24.3 Å². The third-order valence-electron chi connectivity index (χ3n) is 5.33. The van der Waals surface area contributed by atoms with Gasteiger partial charge in [-0.1, -0.05) is 0 Å². The van der Waals surface area contributed by atoms with Crippen molar-refractivity contribution in [1.82, 2.24) is 19.4 Å². The minimum Gasteiger partial charge on any atom is -1.00 e. The van der Waals surface area contributed by atoms with Gasteiger partial charge in [0.25, 0.3) is 5.56 Å². The first-order valence-electron chi connectivity index (χ1n) is 9.59. The van der Waals surface area contributed by atoms with Gasteiger partial charge in [0.1, 0.15) is 25.1 Å². The molecule has 1 saturated heterocycles. The molecule has 3 atom stereocenters. The number of aromatic amines is 1. The van der Waals surface area contributed by atoms with E-state index in [4.69, 9.17) is 9.47 Å². The smallest absolute Gasteiger partial charge is 0.330 e. The number of aromatic nitrogens is 5. The van der Waals surface area contributed by atoms with E-state index in [1.165, 1.54) is 10.8 Å². The Bertz CT molecular complexity index is 1170. The van der Waals surface area contributed by atoms with E-state index < -0.39 is 23.6 Å². The van der Waals surface area contributed by atoms with Gasteiger partial charge in [-0.15, -0.1) is 9.36 Å². The van der Waals surface area contributed by atoms with Gasteiger partial charge in [-0.3, -0.25) is 14.3 Å². The minimum absolute atomic E-state index is 0. The number of nitrogens with zero attached hydrogens (tertiary/aromatic N) is 4. The van der Waals surface area contributed by atoms with Crippen LogP contribution in [0.3, 0.4) is 0 Å². The topological polar surface area (TPSA) is 115 Å². The quantitative estimate of drug-likeness (QED) is 0.264.